The van der Waals surface area contributed by atoms with E-state index in [1.165, 1.54) is 6.92 Å². The van der Waals surface area contributed by atoms with E-state index in [1.54, 1.807) is 6.92 Å². The summed E-state index contributed by atoms with van der Waals surface area (Å²) in [4.78, 5) is 0. The zero-order chi connectivity index (χ0) is 22.7. The lowest BCUT2D eigenvalue weighted by atomic mass is 9.58. The van der Waals surface area contributed by atoms with E-state index in [9.17, 15) is 39.5 Å². The van der Waals surface area contributed by atoms with E-state index in [2.05, 4.69) is 0 Å². The maximum atomic E-state index is 15.0. The summed E-state index contributed by atoms with van der Waals surface area (Å²) < 4.78 is 129. The highest BCUT2D eigenvalue weighted by Gasteiger charge is 2.38. The molecule has 0 saturated carbocycles. The highest BCUT2D eigenvalue weighted by atomic mass is 19.2. The van der Waals surface area contributed by atoms with Gasteiger partial charge in [-0.3, -0.25) is 0 Å². The van der Waals surface area contributed by atoms with E-state index in [0.717, 1.165) is 0 Å². The minimum atomic E-state index is -2.41. The number of hydrogen-bond donors (Lipinski definition) is 0. The molecule has 10 heteroatoms. The molecule has 0 spiro atoms. The Kier molecular flexibility index (Phi) is 5.49. The van der Waals surface area contributed by atoms with Crippen LogP contribution in [0.15, 0.2) is 0 Å². The van der Waals surface area contributed by atoms with Gasteiger partial charge in [-0.2, -0.15) is 0 Å². The summed E-state index contributed by atoms with van der Waals surface area (Å²) in [5.41, 5.74) is -0.885. The van der Waals surface area contributed by atoms with Crippen LogP contribution in [0, 0.1) is 52.4 Å². The lowest BCUT2D eigenvalue weighted by Gasteiger charge is -2.33. The zero-order valence-corrected chi connectivity index (χ0v) is 15.6. The van der Waals surface area contributed by atoms with Crippen molar-refractivity contribution in [2.45, 2.75) is 38.4 Å². The van der Waals surface area contributed by atoms with Gasteiger partial charge in [-0.25, -0.2) is 39.5 Å². The number of hydrogen-bond acceptors (Lipinski definition) is 0. The van der Waals surface area contributed by atoms with E-state index in [-0.39, 0.29) is 19.3 Å². The topological polar surface area (TPSA) is 0 Å². The van der Waals surface area contributed by atoms with E-state index >= 15 is 0 Å². The summed E-state index contributed by atoms with van der Waals surface area (Å²) in [6.45, 7) is 2.98. The van der Waals surface area contributed by atoms with Gasteiger partial charge < -0.3 is 0 Å². The Balaban J connectivity index is 2.87. The lowest BCUT2D eigenvalue weighted by Crippen LogP contribution is -2.28. The molecule has 0 amide bonds. The van der Waals surface area contributed by atoms with Gasteiger partial charge in [-0.05, 0) is 10.9 Å². The van der Waals surface area contributed by atoms with Gasteiger partial charge in [0.1, 0.15) is 5.82 Å². The second kappa shape index (κ2) is 7.39. The first-order valence-corrected chi connectivity index (χ1v) is 8.86. The molecule has 0 aliphatic rings. The van der Waals surface area contributed by atoms with Crippen molar-refractivity contribution in [3.63, 3.8) is 0 Å². The molecule has 0 saturated heterocycles. The predicted molar refractivity (Wildman–Crippen MR) is 93.7 cm³/mol. The van der Waals surface area contributed by atoms with Crippen molar-refractivity contribution >= 4 is 29.4 Å². The normalized spacial score (nSPS) is 14.0. The van der Waals surface area contributed by atoms with Crippen LogP contribution < -0.4 is 0 Å². The van der Waals surface area contributed by atoms with E-state index in [0.29, 0.717) is 0 Å². The van der Waals surface area contributed by atoms with Crippen LogP contribution in [-0.4, -0.2) is 7.85 Å². The maximum Gasteiger partial charge on any atom is 0.198 e. The van der Waals surface area contributed by atoms with Gasteiger partial charge in [-0.15, -0.1) is 0 Å². The van der Waals surface area contributed by atoms with E-state index in [1.807, 2.05) is 0 Å². The number of fused-ring (bicyclic) bond motifs is 2. The SMILES string of the molecule is [B]C(CC)(CCC)c1c2c(F)c(F)c(F)c(F)c2c(F)c2c(F)c(F)c(F)c(F)c12. The van der Waals surface area contributed by atoms with Gasteiger partial charge >= 0.3 is 0 Å². The van der Waals surface area contributed by atoms with Gasteiger partial charge in [-0.1, -0.05) is 33.1 Å². The minimum Gasteiger partial charge on any atom is -0.205 e. The van der Waals surface area contributed by atoms with E-state index in [4.69, 9.17) is 7.85 Å². The summed E-state index contributed by atoms with van der Waals surface area (Å²) in [6, 6.07) is 0. The third-order valence-electron chi connectivity index (χ3n) is 5.30. The van der Waals surface area contributed by atoms with Gasteiger partial charge in [0, 0.05) is 10.8 Å². The molecule has 2 radical (unpaired) electrons. The van der Waals surface area contributed by atoms with Gasteiger partial charge in [0.25, 0.3) is 0 Å². The third kappa shape index (κ3) is 2.79. The molecule has 1 unspecified atom stereocenters. The van der Waals surface area contributed by atoms with Crippen LogP contribution in [0.1, 0.15) is 38.7 Å². The Hall–Kier alpha value is -2.39. The van der Waals surface area contributed by atoms with Crippen molar-refractivity contribution in [1.82, 2.24) is 0 Å². The quantitative estimate of drug-likeness (QED) is 0.139. The average molecular weight is 434 g/mol. The molecule has 3 aromatic rings. The standard InChI is InChI=1S/C20H12BF9/c1-3-5-20(21,4-2)10-6-8(14(25)18(29)16(27)12(6)23)11(22)9-7(10)13(24)17(28)19(30)15(9)26/h3-5H2,1-2H3. The predicted octanol–water partition coefficient (Wildman–Crippen LogP) is 6.82. The summed E-state index contributed by atoms with van der Waals surface area (Å²) in [6.07, 6.45) is -0.0809. The Morgan fingerprint density at radius 1 is 0.533 bits per heavy atom. The van der Waals surface area contributed by atoms with Crippen LogP contribution in [0.5, 0.6) is 0 Å². The van der Waals surface area contributed by atoms with Crippen molar-refractivity contribution < 1.29 is 39.5 Å². The third-order valence-corrected chi connectivity index (χ3v) is 5.30. The first-order valence-electron chi connectivity index (χ1n) is 8.86. The number of benzene rings is 3. The molecule has 3 rings (SSSR count). The molecule has 3 aromatic carbocycles. The van der Waals surface area contributed by atoms with Crippen LogP contribution in [0.4, 0.5) is 39.5 Å². The highest BCUT2D eigenvalue weighted by Crippen LogP contribution is 2.46. The molecule has 0 aliphatic carbocycles. The molecule has 30 heavy (non-hydrogen) atoms. The number of rotatable bonds is 4. The first kappa shape index (κ1) is 22.3. The molecule has 0 aromatic heterocycles. The van der Waals surface area contributed by atoms with Crippen molar-refractivity contribution in [2.75, 3.05) is 0 Å². The summed E-state index contributed by atoms with van der Waals surface area (Å²) in [5, 5.41) is -7.67. The Morgan fingerprint density at radius 2 is 0.867 bits per heavy atom. The van der Waals surface area contributed by atoms with Crippen molar-refractivity contribution in [3.05, 3.63) is 57.9 Å². The lowest BCUT2D eigenvalue weighted by molar-refractivity contribution is 0.411. The summed E-state index contributed by atoms with van der Waals surface area (Å²) in [5.74, 6) is -20.4. The van der Waals surface area contributed by atoms with Gasteiger partial charge in [0.2, 0.25) is 0 Å². The van der Waals surface area contributed by atoms with Crippen molar-refractivity contribution in [3.8, 4) is 0 Å². The van der Waals surface area contributed by atoms with Gasteiger partial charge in [0.15, 0.2) is 46.5 Å². The molecule has 1 atom stereocenters. The molecular weight excluding hydrogens is 422 g/mol. The fraction of sp³-hybridized carbons (Fsp3) is 0.300. The second-order valence-corrected chi connectivity index (χ2v) is 6.96. The largest absolute Gasteiger partial charge is 0.205 e. The minimum absolute atomic E-state index is 0.126. The average Bonchev–Trinajstić information content (AvgIpc) is 2.72. The second-order valence-electron chi connectivity index (χ2n) is 6.96. The Labute approximate surface area is 166 Å². The molecule has 0 aliphatic heterocycles. The van der Waals surface area contributed by atoms with E-state index < -0.39 is 84.8 Å². The molecule has 0 N–H and O–H groups in total. The van der Waals surface area contributed by atoms with Crippen molar-refractivity contribution in [1.29, 1.82) is 0 Å². The van der Waals surface area contributed by atoms with Crippen LogP contribution in [0.3, 0.4) is 0 Å². The van der Waals surface area contributed by atoms with Crippen molar-refractivity contribution in [2.24, 2.45) is 0 Å². The molecule has 0 bridgehead atoms. The summed E-state index contributed by atoms with van der Waals surface area (Å²) >= 11 is 0. The fourth-order valence-electron chi connectivity index (χ4n) is 3.82. The molecule has 158 valence electrons. The van der Waals surface area contributed by atoms with Gasteiger partial charge in [0.05, 0.1) is 18.6 Å². The molecule has 0 nitrogen and oxygen atoms in total. The molecule has 0 fully saturated rings. The molecule has 0 heterocycles. The highest BCUT2D eigenvalue weighted by molar-refractivity contribution is 6.20. The first-order chi connectivity index (χ1) is 13.9. The van der Waals surface area contributed by atoms with Crippen LogP contribution >= 0.6 is 0 Å². The Bertz CT molecular complexity index is 1120. The Morgan fingerprint density at radius 3 is 1.17 bits per heavy atom. The summed E-state index contributed by atoms with van der Waals surface area (Å²) in [7, 11) is 6.19. The van der Waals surface area contributed by atoms with Crippen LogP contribution in [0.2, 0.25) is 0 Å². The monoisotopic (exact) mass is 434 g/mol. The smallest absolute Gasteiger partial charge is 0.198 e. The number of halogens is 9. The molecular formula is C20H12BF9. The van der Waals surface area contributed by atoms with Crippen LogP contribution in [-0.2, 0) is 5.31 Å². The van der Waals surface area contributed by atoms with Crippen LogP contribution in [0.25, 0.3) is 21.5 Å². The maximum absolute atomic E-state index is 15.0. The zero-order valence-electron chi connectivity index (χ0n) is 15.6. The fourth-order valence-corrected chi connectivity index (χ4v) is 3.82.